The molecule has 0 spiro atoms. The van der Waals surface area contributed by atoms with Gasteiger partial charge in [0.1, 0.15) is 0 Å². The van der Waals surface area contributed by atoms with E-state index in [9.17, 15) is 5.11 Å². The number of aliphatic hydroxyl groups excluding tert-OH is 1. The quantitative estimate of drug-likeness (QED) is 0.595. The summed E-state index contributed by atoms with van der Waals surface area (Å²) in [6, 6.07) is -0.145. The Labute approximate surface area is 72.9 Å². The first kappa shape index (κ1) is 8.48. The highest BCUT2D eigenvalue weighted by molar-refractivity contribution is 4.92. The van der Waals surface area contributed by atoms with E-state index in [-0.39, 0.29) is 12.1 Å². The lowest BCUT2D eigenvalue weighted by atomic mass is 9.94. The molecule has 1 aliphatic heterocycles. The lowest BCUT2D eigenvalue weighted by Crippen LogP contribution is -2.41. The summed E-state index contributed by atoms with van der Waals surface area (Å²) in [6.07, 6.45) is 4.75. The Morgan fingerprint density at radius 3 is 2.42 bits per heavy atom. The second kappa shape index (κ2) is 3.32. The van der Waals surface area contributed by atoms with Gasteiger partial charge in [0.2, 0.25) is 0 Å². The minimum Gasteiger partial charge on any atom is -0.389 e. The van der Waals surface area contributed by atoms with Crippen LogP contribution in [0.2, 0.25) is 0 Å². The van der Waals surface area contributed by atoms with Crippen molar-refractivity contribution < 1.29 is 9.84 Å². The van der Waals surface area contributed by atoms with Crippen molar-refractivity contribution in [3.05, 3.63) is 0 Å². The SMILES string of the molecule is N[C@H]1C(C2CCCC2)OC[C@@H]1O. The van der Waals surface area contributed by atoms with Gasteiger partial charge in [0.05, 0.1) is 24.9 Å². The molecule has 2 fully saturated rings. The highest BCUT2D eigenvalue weighted by Gasteiger charge is 2.39. The summed E-state index contributed by atoms with van der Waals surface area (Å²) in [5.74, 6) is 0.608. The van der Waals surface area contributed by atoms with Crippen molar-refractivity contribution in [1.82, 2.24) is 0 Å². The van der Waals surface area contributed by atoms with E-state index in [1.807, 2.05) is 0 Å². The van der Waals surface area contributed by atoms with Crippen molar-refractivity contribution in [3.63, 3.8) is 0 Å². The fourth-order valence-electron chi connectivity index (χ4n) is 2.39. The number of rotatable bonds is 1. The Bertz CT molecular complexity index is 157. The molecule has 3 N–H and O–H groups in total. The summed E-state index contributed by atoms with van der Waals surface area (Å²) >= 11 is 0. The Morgan fingerprint density at radius 2 is 1.92 bits per heavy atom. The van der Waals surface area contributed by atoms with E-state index in [1.54, 1.807) is 0 Å². The van der Waals surface area contributed by atoms with Crippen LogP contribution in [0.3, 0.4) is 0 Å². The van der Waals surface area contributed by atoms with Gasteiger partial charge in [0, 0.05) is 0 Å². The monoisotopic (exact) mass is 171 g/mol. The van der Waals surface area contributed by atoms with Crippen molar-refractivity contribution in [2.45, 2.75) is 43.9 Å². The van der Waals surface area contributed by atoms with Crippen LogP contribution in [0.15, 0.2) is 0 Å². The molecule has 1 unspecified atom stereocenters. The molecule has 0 bridgehead atoms. The van der Waals surface area contributed by atoms with Crippen LogP contribution in [0.25, 0.3) is 0 Å². The van der Waals surface area contributed by atoms with Crippen LogP contribution in [0.5, 0.6) is 0 Å². The number of nitrogens with two attached hydrogens (primary N) is 1. The van der Waals surface area contributed by atoms with Gasteiger partial charge in [-0.2, -0.15) is 0 Å². The van der Waals surface area contributed by atoms with Crippen molar-refractivity contribution in [2.75, 3.05) is 6.61 Å². The lowest BCUT2D eigenvalue weighted by Gasteiger charge is -2.21. The van der Waals surface area contributed by atoms with Gasteiger partial charge in [-0.15, -0.1) is 0 Å². The predicted octanol–water partition coefficient (Wildman–Crippen LogP) is 0.264. The molecule has 3 atom stereocenters. The van der Waals surface area contributed by atoms with E-state index in [0.717, 1.165) is 0 Å². The second-order valence-electron chi connectivity index (χ2n) is 3.99. The minimum atomic E-state index is -0.435. The molecular weight excluding hydrogens is 154 g/mol. The van der Waals surface area contributed by atoms with Gasteiger partial charge >= 0.3 is 0 Å². The molecule has 0 radical (unpaired) electrons. The Balaban J connectivity index is 1.95. The molecule has 2 aliphatic rings. The van der Waals surface area contributed by atoms with E-state index >= 15 is 0 Å². The number of hydrogen-bond acceptors (Lipinski definition) is 3. The molecule has 3 heteroatoms. The molecule has 0 aromatic heterocycles. The third-order valence-corrected chi connectivity index (χ3v) is 3.15. The summed E-state index contributed by atoms with van der Waals surface area (Å²) in [5.41, 5.74) is 5.83. The Kier molecular flexibility index (Phi) is 2.35. The number of aliphatic hydroxyl groups is 1. The molecule has 0 amide bonds. The molecule has 12 heavy (non-hydrogen) atoms. The number of ether oxygens (including phenoxy) is 1. The lowest BCUT2D eigenvalue weighted by molar-refractivity contribution is 0.0528. The molecule has 2 rings (SSSR count). The minimum absolute atomic E-state index is 0.127. The van der Waals surface area contributed by atoms with Gasteiger partial charge in [-0.05, 0) is 18.8 Å². The number of hydrogen-bond donors (Lipinski definition) is 2. The highest BCUT2D eigenvalue weighted by Crippen LogP contribution is 2.33. The molecule has 0 aromatic rings. The summed E-state index contributed by atoms with van der Waals surface area (Å²) < 4.78 is 5.49. The van der Waals surface area contributed by atoms with Gasteiger partial charge in [-0.1, -0.05) is 12.8 Å². The van der Waals surface area contributed by atoms with E-state index in [2.05, 4.69) is 0 Å². The highest BCUT2D eigenvalue weighted by atomic mass is 16.5. The topological polar surface area (TPSA) is 55.5 Å². The maximum absolute atomic E-state index is 9.38. The first-order valence-electron chi connectivity index (χ1n) is 4.84. The molecular formula is C9H17NO2. The van der Waals surface area contributed by atoms with Crippen LogP contribution in [0, 0.1) is 5.92 Å². The van der Waals surface area contributed by atoms with Crippen LogP contribution >= 0.6 is 0 Å². The largest absolute Gasteiger partial charge is 0.389 e. The van der Waals surface area contributed by atoms with Crippen LogP contribution in [0.4, 0.5) is 0 Å². The molecule has 1 saturated carbocycles. The van der Waals surface area contributed by atoms with Gasteiger partial charge in [0.25, 0.3) is 0 Å². The normalized spacial score (nSPS) is 44.0. The van der Waals surface area contributed by atoms with Crippen molar-refractivity contribution >= 4 is 0 Å². The smallest absolute Gasteiger partial charge is 0.0949 e. The zero-order chi connectivity index (χ0) is 8.55. The average molecular weight is 171 g/mol. The van der Waals surface area contributed by atoms with Crippen LogP contribution in [-0.2, 0) is 4.74 Å². The zero-order valence-corrected chi connectivity index (χ0v) is 7.28. The standard InChI is InChI=1S/C9H17NO2/c10-8-7(11)5-12-9(8)6-3-1-2-4-6/h6-9,11H,1-5,10H2/t7-,8+,9?/m0/s1. The maximum Gasteiger partial charge on any atom is 0.0949 e. The molecule has 3 nitrogen and oxygen atoms in total. The van der Waals surface area contributed by atoms with E-state index in [1.165, 1.54) is 25.7 Å². The first-order valence-corrected chi connectivity index (χ1v) is 4.84. The first-order chi connectivity index (χ1) is 5.79. The van der Waals surface area contributed by atoms with Crippen molar-refractivity contribution in [3.8, 4) is 0 Å². The fourth-order valence-corrected chi connectivity index (χ4v) is 2.39. The summed E-state index contributed by atoms with van der Waals surface area (Å²) in [4.78, 5) is 0. The predicted molar refractivity (Wildman–Crippen MR) is 45.7 cm³/mol. The summed E-state index contributed by atoms with van der Waals surface area (Å²) in [5, 5.41) is 9.38. The average Bonchev–Trinajstić information content (AvgIpc) is 2.64. The molecule has 1 saturated heterocycles. The van der Waals surface area contributed by atoms with Crippen molar-refractivity contribution in [1.29, 1.82) is 0 Å². The van der Waals surface area contributed by atoms with Crippen LogP contribution in [-0.4, -0.2) is 30.0 Å². The third kappa shape index (κ3) is 1.37. The van der Waals surface area contributed by atoms with E-state index in [0.29, 0.717) is 12.5 Å². The molecule has 1 aliphatic carbocycles. The molecule has 0 aromatic carbocycles. The fraction of sp³-hybridized carbons (Fsp3) is 1.00. The molecule has 70 valence electrons. The second-order valence-corrected chi connectivity index (χ2v) is 3.99. The molecule has 1 heterocycles. The van der Waals surface area contributed by atoms with E-state index < -0.39 is 6.10 Å². The zero-order valence-electron chi connectivity index (χ0n) is 7.28. The van der Waals surface area contributed by atoms with Crippen LogP contribution < -0.4 is 5.73 Å². The van der Waals surface area contributed by atoms with Gasteiger partial charge < -0.3 is 15.6 Å². The third-order valence-electron chi connectivity index (χ3n) is 3.15. The van der Waals surface area contributed by atoms with Crippen LogP contribution in [0.1, 0.15) is 25.7 Å². The summed E-state index contributed by atoms with van der Waals surface area (Å²) in [7, 11) is 0. The van der Waals surface area contributed by atoms with Gasteiger partial charge in [-0.25, -0.2) is 0 Å². The van der Waals surface area contributed by atoms with Gasteiger partial charge in [0.15, 0.2) is 0 Å². The Hall–Kier alpha value is -0.120. The Morgan fingerprint density at radius 1 is 1.25 bits per heavy atom. The summed E-state index contributed by atoms with van der Waals surface area (Å²) in [6.45, 7) is 0.433. The van der Waals surface area contributed by atoms with Gasteiger partial charge in [-0.3, -0.25) is 0 Å². The van der Waals surface area contributed by atoms with E-state index in [4.69, 9.17) is 10.5 Å². The maximum atomic E-state index is 9.38. The van der Waals surface area contributed by atoms with Crippen molar-refractivity contribution in [2.24, 2.45) is 11.7 Å².